The third kappa shape index (κ3) is 4.00. The number of aromatic nitrogens is 2. The summed E-state index contributed by atoms with van der Waals surface area (Å²) in [4.78, 5) is 19.8. The molecule has 1 aromatic heterocycles. The second-order valence-corrected chi connectivity index (χ2v) is 5.57. The summed E-state index contributed by atoms with van der Waals surface area (Å²) in [5.74, 6) is -0.0616. The average Bonchev–Trinajstić information content (AvgIpc) is 2.42. The fourth-order valence-corrected chi connectivity index (χ4v) is 2.58. The van der Waals surface area contributed by atoms with Gasteiger partial charge in [0.05, 0.1) is 28.3 Å². The number of amides is 1. The highest BCUT2D eigenvalue weighted by Gasteiger charge is 2.11. The van der Waals surface area contributed by atoms with E-state index in [2.05, 4.69) is 15.3 Å². The molecule has 0 radical (unpaired) electrons. The zero-order chi connectivity index (χ0) is 14.5. The van der Waals surface area contributed by atoms with Crippen LogP contribution in [0.3, 0.4) is 0 Å². The number of thioether (sulfide) groups is 1. The highest BCUT2D eigenvalue weighted by Crippen LogP contribution is 2.32. The van der Waals surface area contributed by atoms with E-state index >= 15 is 0 Å². The van der Waals surface area contributed by atoms with E-state index < -0.39 is 0 Å². The largest absolute Gasteiger partial charge is 0.397 e. The fourth-order valence-electron chi connectivity index (χ4n) is 1.40. The normalized spacial score (nSPS) is 10.3. The van der Waals surface area contributed by atoms with Gasteiger partial charge in [0, 0.05) is 17.4 Å². The van der Waals surface area contributed by atoms with Crippen molar-refractivity contribution in [2.45, 2.75) is 5.03 Å². The number of benzene rings is 1. The first-order chi connectivity index (χ1) is 9.56. The zero-order valence-corrected chi connectivity index (χ0v) is 12.5. The third-order valence-electron chi connectivity index (χ3n) is 2.24. The van der Waals surface area contributed by atoms with Gasteiger partial charge in [-0.1, -0.05) is 35.0 Å². The van der Waals surface area contributed by atoms with Gasteiger partial charge in [0.2, 0.25) is 5.91 Å². The van der Waals surface area contributed by atoms with Crippen LogP contribution < -0.4 is 11.1 Å². The van der Waals surface area contributed by atoms with Crippen LogP contribution in [0.1, 0.15) is 0 Å². The molecule has 0 aliphatic heterocycles. The van der Waals surface area contributed by atoms with Gasteiger partial charge in [-0.3, -0.25) is 9.78 Å². The highest BCUT2D eigenvalue weighted by molar-refractivity contribution is 7.99. The van der Waals surface area contributed by atoms with Crippen LogP contribution in [0.25, 0.3) is 0 Å². The Morgan fingerprint density at radius 3 is 2.80 bits per heavy atom. The molecule has 0 saturated carbocycles. The summed E-state index contributed by atoms with van der Waals surface area (Å²) in [5, 5.41) is 4.03. The minimum Gasteiger partial charge on any atom is -0.397 e. The van der Waals surface area contributed by atoms with Crippen LogP contribution >= 0.6 is 35.0 Å². The molecular formula is C12H10Cl2N4OS. The molecule has 0 bridgehead atoms. The van der Waals surface area contributed by atoms with Crippen LogP contribution in [0, 0.1) is 0 Å². The molecule has 0 aliphatic carbocycles. The van der Waals surface area contributed by atoms with Gasteiger partial charge in [0.25, 0.3) is 0 Å². The Labute approximate surface area is 129 Å². The first kappa shape index (κ1) is 14.9. The summed E-state index contributed by atoms with van der Waals surface area (Å²) in [6, 6.07) is 3.05. The maximum atomic E-state index is 11.8. The number of rotatable bonds is 4. The molecule has 2 aromatic rings. The van der Waals surface area contributed by atoms with Gasteiger partial charge in [0.15, 0.2) is 0 Å². The SMILES string of the molecule is Nc1cc(Cl)cc(Cl)c1NC(=O)CSc1cnccn1. The molecule has 104 valence electrons. The molecule has 0 fully saturated rings. The molecule has 0 spiro atoms. The van der Waals surface area contributed by atoms with Gasteiger partial charge >= 0.3 is 0 Å². The quantitative estimate of drug-likeness (QED) is 0.665. The van der Waals surface area contributed by atoms with E-state index in [4.69, 9.17) is 28.9 Å². The fraction of sp³-hybridized carbons (Fsp3) is 0.0833. The summed E-state index contributed by atoms with van der Waals surface area (Å²) in [6.45, 7) is 0. The Kier molecular flexibility index (Phi) is 5.05. The van der Waals surface area contributed by atoms with Gasteiger partial charge in [-0.25, -0.2) is 4.98 Å². The third-order valence-corrected chi connectivity index (χ3v) is 3.67. The van der Waals surface area contributed by atoms with Gasteiger partial charge in [-0.2, -0.15) is 0 Å². The van der Waals surface area contributed by atoms with Crippen molar-refractivity contribution in [2.75, 3.05) is 16.8 Å². The number of anilines is 2. The van der Waals surface area contributed by atoms with E-state index in [9.17, 15) is 4.79 Å². The van der Waals surface area contributed by atoms with Crippen molar-refractivity contribution in [3.8, 4) is 0 Å². The number of nitrogen functional groups attached to an aromatic ring is 1. The smallest absolute Gasteiger partial charge is 0.234 e. The Hall–Kier alpha value is -1.50. The van der Waals surface area contributed by atoms with Crippen molar-refractivity contribution in [3.05, 3.63) is 40.8 Å². The second kappa shape index (κ2) is 6.78. The number of nitrogens with one attached hydrogen (secondary N) is 1. The zero-order valence-electron chi connectivity index (χ0n) is 10.1. The Morgan fingerprint density at radius 2 is 2.15 bits per heavy atom. The molecule has 5 nitrogen and oxygen atoms in total. The lowest BCUT2D eigenvalue weighted by atomic mass is 10.2. The average molecular weight is 329 g/mol. The lowest BCUT2D eigenvalue weighted by Crippen LogP contribution is -2.15. The molecule has 0 unspecified atom stereocenters. The highest BCUT2D eigenvalue weighted by atomic mass is 35.5. The van der Waals surface area contributed by atoms with E-state index in [1.807, 2.05) is 0 Å². The molecule has 1 aromatic carbocycles. The molecule has 2 rings (SSSR count). The number of hydrogen-bond donors (Lipinski definition) is 2. The van der Waals surface area contributed by atoms with Gasteiger partial charge < -0.3 is 11.1 Å². The standard InChI is InChI=1S/C12H10Cl2N4OS/c13-7-3-8(14)12(9(15)4-7)18-10(19)6-20-11-5-16-1-2-17-11/h1-5H,6,15H2,(H,18,19). The van der Waals surface area contributed by atoms with E-state index in [1.54, 1.807) is 18.6 Å². The monoisotopic (exact) mass is 328 g/mol. The van der Waals surface area contributed by atoms with Crippen LogP contribution in [0.5, 0.6) is 0 Å². The predicted molar refractivity (Wildman–Crippen MR) is 82.3 cm³/mol. The lowest BCUT2D eigenvalue weighted by Gasteiger charge is -2.10. The Morgan fingerprint density at radius 1 is 1.35 bits per heavy atom. The number of nitrogens with zero attached hydrogens (tertiary/aromatic N) is 2. The van der Waals surface area contributed by atoms with Crippen LogP contribution in [-0.2, 0) is 4.79 Å². The molecule has 1 heterocycles. The topological polar surface area (TPSA) is 80.9 Å². The van der Waals surface area contributed by atoms with E-state index in [0.717, 1.165) is 0 Å². The first-order valence-electron chi connectivity index (χ1n) is 5.49. The first-order valence-corrected chi connectivity index (χ1v) is 7.23. The number of carbonyl (C=O) groups is 1. The molecule has 0 saturated heterocycles. The van der Waals surface area contributed by atoms with Gasteiger partial charge in [-0.15, -0.1) is 0 Å². The summed E-state index contributed by atoms with van der Waals surface area (Å²) in [7, 11) is 0. The molecule has 3 N–H and O–H groups in total. The van der Waals surface area contributed by atoms with Crippen LogP contribution in [0.15, 0.2) is 35.7 Å². The van der Waals surface area contributed by atoms with Crippen LogP contribution in [0.4, 0.5) is 11.4 Å². The molecule has 0 atom stereocenters. The van der Waals surface area contributed by atoms with E-state index in [0.29, 0.717) is 26.4 Å². The van der Waals surface area contributed by atoms with Crippen molar-refractivity contribution in [3.63, 3.8) is 0 Å². The van der Waals surface area contributed by atoms with Crippen molar-refractivity contribution in [1.29, 1.82) is 0 Å². The van der Waals surface area contributed by atoms with Crippen molar-refractivity contribution >= 4 is 52.2 Å². The van der Waals surface area contributed by atoms with Gasteiger partial charge in [-0.05, 0) is 12.1 Å². The molecule has 20 heavy (non-hydrogen) atoms. The summed E-state index contributed by atoms with van der Waals surface area (Å²) < 4.78 is 0. The summed E-state index contributed by atoms with van der Waals surface area (Å²) >= 11 is 13.1. The molecule has 0 aliphatic rings. The molecular weight excluding hydrogens is 319 g/mol. The van der Waals surface area contributed by atoms with Crippen molar-refractivity contribution in [2.24, 2.45) is 0 Å². The Balaban J connectivity index is 1.98. The maximum absolute atomic E-state index is 11.8. The van der Waals surface area contributed by atoms with Gasteiger partial charge in [0.1, 0.15) is 5.03 Å². The van der Waals surface area contributed by atoms with Crippen LogP contribution in [-0.4, -0.2) is 21.6 Å². The number of hydrogen-bond acceptors (Lipinski definition) is 5. The van der Waals surface area contributed by atoms with Crippen LogP contribution in [0.2, 0.25) is 10.0 Å². The number of nitrogens with two attached hydrogens (primary N) is 1. The molecule has 8 heteroatoms. The van der Waals surface area contributed by atoms with E-state index in [-0.39, 0.29) is 11.7 Å². The number of carbonyl (C=O) groups excluding carboxylic acids is 1. The van der Waals surface area contributed by atoms with E-state index in [1.165, 1.54) is 23.9 Å². The minimum absolute atomic E-state index is 0.178. The maximum Gasteiger partial charge on any atom is 0.234 e. The van der Waals surface area contributed by atoms with Crippen molar-refractivity contribution in [1.82, 2.24) is 9.97 Å². The van der Waals surface area contributed by atoms with Crippen molar-refractivity contribution < 1.29 is 4.79 Å². The molecule has 1 amide bonds. The lowest BCUT2D eigenvalue weighted by molar-refractivity contribution is -0.113. The number of halogens is 2. The summed E-state index contributed by atoms with van der Waals surface area (Å²) in [5.41, 5.74) is 6.45. The Bertz CT molecular complexity index is 601. The summed E-state index contributed by atoms with van der Waals surface area (Å²) in [6.07, 6.45) is 4.72. The predicted octanol–water partition coefficient (Wildman–Crippen LogP) is 3.10. The minimum atomic E-state index is -0.239. The second-order valence-electron chi connectivity index (χ2n) is 3.73.